The molecule has 0 aromatic carbocycles. The Labute approximate surface area is 100 Å². The molecule has 0 aliphatic rings. The van der Waals surface area contributed by atoms with Crippen molar-refractivity contribution in [2.75, 3.05) is 0 Å². The van der Waals surface area contributed by atoms with Crippen LogP contribution in [0.4, 0.5) is 0 Å². The van der Waals surface area contributed by atoms with E-state index in [1.54, 1.807) is 12.1 Å². The molecule has 15 heavy (non-hydrogen) atoms. The second kappa shape index (κ2) is 12.3. The van der Waals surface area contributed by atoms with Crippen molar-refractivity contribution in [1.82, 2.24) is 0 Å². The van der Waals surface area contributed by atoms with Gasteiger partial charge in [0.15, 0.2) is 0 Å². The fourth-order valence-corrected chi connectivity index (χ4v) is 4.11. The summed E-state index contributed by atoms with van der Waals surface area (Å²) in [7, 11) is 0.309. The minimum Gasteiger partial charge on any atom is -0.0654 e. The van der Waals surface area contributed by atoms with Crippen LogP contribution in [0, 0.1) is 5.92 Å². The summed E-state index contributed by atoms with van der Waals surface area (Å²) in [6.45, 7) is 7.03. The first-order valence-corrected chi connectivity index (χ1v) is 9.31. The summed E-state index contributed by atoms with van der Waals surface area (Å²) in [5.41, 5.74) is 0. The average Bonchev–Trinajstić information content (AvgIpc) is 2.26. The topological polar surface area (TPSA) is 0 Å². The number of hydrogen-bond acceptors (Lipinski definition) is 0. The van der Waals surface area contributed by atoms with E-state index in [1.165, 1.54) is 51.4 Å². The first-order valence-electron chi connectivity index (χ1n) is 7.31. The van der Waals surface area contributed by atoms with Crippen molar-refractivity contribution >= 4 is 9.52 Å². The fourth-order valence-electron chi connectivity index (χ4n) is 2.01. The van der Waals surface area contributed by atoms with Gasteiger partial charge in [0, 0.05) is 9.52 Å². The standard InChI is InChI=1S/C14H32Si/c1-4-6-7-8-9-10-11-12-15-13-14(3)5-2/h14H,4-13,15H2,1-3H3/t14-/m0/s1. The summed E-state index contributed by atoms with van der Waals surface area (Å²) in [5.74, 6) is 1.02. The third-order valence-corrected chi connectivity index (χ3v) is 5.89. The Hall–Kier alpha value is 0.217. The van der Waals surface area contributed by atoms with Crippen molar-refractivity contribution in [2.45, 2.75) is 84.2 Å². The second-order valence-corrected chi connectivity index (χ2v) is 7.12. The molecule has 0 aromatic rings. The SMILES string of the molecule is CCCCCCCCC[SiH2]C[C@@H](C)CC. The van der Waals surface area contributed by atoms with Gasteiger partial charge in [-0.05, 0) is 5.92 Å². The summed E-state index contributed by atoms with van der Waals surface area (Å²) in [5, 5.41) is 0. The quantitative estimate of drug-likeness (QED) is 0.352. The first-order chi connectivity index (χ1) is 7.31. The highest BCUT2D eigenvalue weighted by Gasteiger charge is 1.98. The van der Waals surface area contributed by atoms with Gasteiger partial charge in [0.25, 0.3) is 0 Å². The van der Waals surface area contributed by atoms with E-state index in [0.717, 1.165) is 5.92 Å². The zero-order valence-corrected chi connectivity index (χ0v) is 12.8. The van der Waals surface area contributed by atoms with E-state index < -0.39 is 0 Å². The minimum atomic E-state index is 0.309. The Morgan fingerprint density at radius 1 is 0.867 bits per heavy atom. The monoisotopic (exact) mass is 228 g/mol. The Balaban J connectivity index is 2.92. The number of hydrogen-bond donors (Lipinski definition) is 0. The van der Waals surface area contributed by atoms with Gasteiger partial charge in [-0.3, -0.25) is 0 Å². The molecule has 0 nitrogen and oxygen atoms in total. The van der Waals surface area contributed by atoms with Crippen LogP contribution in [-0.4, -0.2) is 9.52 Å². The number of unbranched alkanes of at least 4 members (excludes halogenated alkanes) is 6. The molecule has 0 unspecified atom stereocenters. The van der Waals surface area contributed by atoms with Crippen LogP contribution in [0.25, 0.3) is 0 Å². The van der Waals surface area contributed by atoms with Gasteiger partial charge in [0.05, 0.1) is 0 Å². The smallest absolute Gasteiger partial charge is 0.0200 e. The average molecular weight is 228 g/mol. The van der Waals surface area contributed by atoms with Crippen molar-refractivity contribution in [3.63, 3.8) is 0 Å². The molecule has 0 aromatic heterocycles. The van der Waals surface area contributed by atoms with Gasteiger partial charge in [0.1, 0.15) is 0 Å². The lowest BCUT2D eigenvalue weighted by Crippen LogP contribution is -1.98. The highest BCUT2D eigenvalue weighted by atomic mass is 28.2. The van der Waals surface area contributed by atoms with Gasteiger partial charge in [-0.15, -0.1) is 0 Å². The van der Waals surface area contributed by atoms with Crippen molar-refractivity contribution in [3.8, 4) is 0 Å². The highest BCUT2D eigenvalue weighted by Crippen LogP contribution is 2.11. The maximum atomic E-state index is 2.41. The van der Waals surface area contributed by atoms with E-state index in [4.69, 9.17) is 0 Å². The van der Waals surface area contributed by atoms with Crippen LogP contribution in [0.1, 0.15) is 72.1 Å². The van der Waals surface area contributed by atoms with E-state index in [2.05, 4.69) is 20.8 Å². The third-order valence-electron chi connectivity index (χ3n) is 3.50. The van der Waals surface area contributed by atoms with E-state index in [0.29, 0.717) is 9.52 Å². The van der Waals surface area contributed by atoms with Gasteiger partial charge in [-0.1, -0.05) is 84.2 Å². The largest absolute Gasteiger partial charge is 0.0654 e. The van der Waals surface area contributed by atoms with Gasteiger partial charge in [0.2, 0.25) is 0 Å². The zero-order valence-electron chi connectivity index (χ0n) is 11.4. The van der Waals surface area contributed by atoms with E-state index >= 15 is 0 Å². The van der Waals surface area contributed by atoms with Crippen LogP contribution in [0.3, 0.4) is 0 Å². The maximum Gasteiger partial charge on any atom is 0.0200 e. The Morgan fingerprint density at radius 3 is 2.07 bits per heavy atom. The van der Waals surface area contributed by atoms with E-state index in [1.807, 2.05) is 0 Å². The molecule has 0 fully saturated rings. The molecule has 0 aliphatic heterocycles. The molecule has 0 aliphatic carbocycles. The third kappa shape index (κ3) is 12.1. The Morgan fingerprint density at radius 2 is 1.47 bits per heavy atom. The molecule has 0 bridgehead atoms. The molecular formula is C14H32Si. The highest BCUT2D eigenvalue weighted by molar-refractivity contribution is 6.35. The van der Waals surface area contributed by atoms with Gasteiger partial charge < -0.3 is 0 Å². The molecule has 0 amide bonds. The summed E-state index contributed by atoms with van der Waals surface area (Å²) < 4.78 is 0. The molecule has 1 atom stereocenters. The molecule has 0 radical (unpaired) electrons. The molecule has 0 saturated carbocycles. The normalized spacial score (nSPS) is 13.8. The summed E-state index contributed by atoms with van der Waals surface area (Å²) in [4.78, 5) is 0. The molecule has 0 spiro atoms. The fraction of sp³-hybridized carbons (Fsp3) is 1.00. The lowest BCUT2D eigenvalue weighted by Gasteiger charge is -2.06. The van der Waals surface area contributed by atoms with Crippen LogP contribution in [-0.2, 0) is 0 Å². The predicted molar refractivity (Wildman–Crippen MR) is 75.6 cm³/mol. The van der Waals surface area contributed by atoms with Gasteiger partial charge >= 0.3 is 0 Å². The van der Waals surface area contributed by atoms with Crippen molar-refractivity contribution in [2.24, 2.45) is 5.92 Å². The maximum absolute atomic E-state index is 2.41. The number of rotatable bonds is 11. The zero-order chi connectivity index (χ0) is 11.4. The minimum absolute atomic E-state index is 0.309. The van der Waals surface area contributed by atoms with Crippen LogP contribution in [0.5, 0.6) is 0 Å². The Kier molecular flexibility index (Phi) is 12.5. The summed E-state index contributed by atoms with van der Waals surface area (Å²) in [6, 6.07) is 3.20. The van der Waals surface area contributed by atoms with Crippen LogP contribution in [0.15, 0.2) is 0 Å². The molecule has 0 heterocycles. The lowest BCUT2D eigenvalue weighted by molar-refractivity contribution is 0.598. The molecule has 92 valence electrons. The summed E-state index contributed by atoms with van der Waals surface area (Å²) in [6.07, 6.45) is 11.7. The Bertz CT molecular complexity index is 112. The van der Waals surface area contributed by atoms with E-state index in [9.17, 15) is 0 Å². The second-order valence-electron chi connectivity index (χ2n) is 5.13. The van der Waals surface area contributed by atoms with Gasteiger partial charge in [-0.25, -0.2) is 0 Å². The molecule has 1 heteroatoms. The first kappa shape index (κ1) is 15.2. The van der Waals surface area contributed by atoms with Gasteiger partial charge in [-0.2, -0.15) is 0 Å². The molecular weight excluding hydrogens is 196 g/mol. The summed E-state index contributed by atoms with van der Waals surface area (Å²) >= 11 is 0. The predicted octanol–water partition coefficient (Wildman–Crippen LogP) is 4.79. The van der Waals surface area contributed by atoms with Crippen molar-refractivity contribution in [1.29, 1.82) is 0 Å². The van der Waals surface area contributed by atoms with Crippen molar-refractivity contribution < 1.29 is 0 Å². The molecule has 0 rings (SSSR count). The van der Waals surface area contributed by atoms with Crippen LogP contribution < -0.4 is 0 Å². The van der Waals surface area contributed by atoms with Crippen LogP contribution in [0.2, 0.25) is 12.1 Å². The lowest BCUT2D eigenvalue weighted by atomic mass is 10.1. The van der Waals surface area contributed by atoms with Crippen LogP contribution >= 0.6 is 0 Å². The molecule has 0 saturated heterocycles. The molecule has 0 N–H and O–H groups in total. The van der Waals surface area contributed by atoms with Crippen molar-refractivity contribution in [3.05, 3.63) is 0 Å². The van der Waals surface area contributed by atoms with E-state index in [-0.39, 0.29) is 0 Å².